The van der Waals surface area contributed by atoms with Crippen LogP contribution in [0.2, 0.25) is 0 Å². The second-order valence-corrected chi connectivity index (χ2v) is 5.51. The summed E-state index contributed by atoms with van der Waals surface area (Å²) in [6.07, 6.45) is 0. The van der Waals surface area contributed by atoms with Crippen LogP contribution >= 0.6 is 27.7 Å². The maximum Gasteiger partial charge on any atom is 0.335 e. The second-order valence-electron chi connectivity index (χ2n) is 3.51. The van der Waals surface area contributed by atoms with Crippen molar-refractivity contribution in [2.45, 2.75) is 9.79 Å². The van der Waals surface area contributed by atoms with Gasteiger partial charge in [0, 0.05) is 9.79 Å². The Kier molecular flexibility index (Phi) is 4.04. The van der Waals surface area contributed by atoms with E-state index in [0.29, 0.717) is 4.47 Å². The van der Waals surface area contributed by atoms with E-state index < -0.39 is 5.97 Å². The third-order valence-electron chi connectivity index (χ3n) is 2.23. The molecule has 0 fully saturated rings. The van der Waals surface area contributed by atoms with Crippen LogP contribution in [0.25, 0.3) is 0 Å². The van der Waals surface area contributed by atoms with Gasteiger partial charge in [-0.05, 0) is 58.4 Å². The monoisotopic (exact) mass is 326 g/mol. The quantitative estimate of drug-likeness (QED) is 0.906. The Morgan fingerprint density at radius 2 is 1.72 bits per heavy atom. The van der Waals surface area contributed by atoms with Gasteiger partial charge < -0.3 is 5.11 Å². The predicted molar refractivity (Wildman–Crippen MR) is 71.6 cm³/mol. The van der Waals surface area contributed by atoms with Gasteiger partial charge in [-0.25, -0.2) is 9.18 Å². The van der Waals surface area contributed by atoms with Gasteiger partial charge in [0.2, 0.25) is 0 Å². The van der Waals surface area contributed by atoms with E-state index in [9.17, 15) is 9.18 Å². The van der Waals surface area contributed by atoms with Crippen molar-refractivity contribution in [3.05, 3.63) is 58.3 Å². The third-order valence-corrected chi connectivity index (χ3v) is 3.87. The molecular weight excluding hydrogens is 319 g/mol. The molecule has 0 spiro atoms. The Morgan fingerprint density at radius 3 is 2.28 bits per heavy atom. The first kappa shape index (κ1) is 13.1. The predicted octanol–water partition coefficient (Wildman–Crippen LogP) is 4.44. The highest BCUT2D eigenvalue weighted by atomic mass is 79.9. The van der Waals surface area contributed by atoms with Crippen LogP contribution in [0.1, 0.15) is 10.4 Å². The molecular formula is C13H8BrFO2S. The lowest BCUT2D eigenvalue weighted by Crippen LogP contribution is -1.94. The molecule has 5 heteroatoms. The summed E-state index contributed by atoms with van der Waals surface area (Å²) in [6.45, 7) is 0. The van der Waals surface area contributed by atoms with Gasteiger partial charge in [0.25, 0.3) is 0 Å². The van der Waals surface area contributed by atoms with Crippen molar-refractivity contribution in [1.29, 1.82) is 0 Å². The molecule has 0 bridgehead atoms. The normalized spacial score (nSPS) is 10.3. The molecule has 0 heterocycles. The molecule has 2 rings (SSSR count). The van der Waals surface area contributed by atoms with Crippen LogP contribution in [-0.2, 0) is 0 Å². The molecule has 0 atom stereocenters. The van der Waals surface area contributed by atoms with Crippen LogP contribution in [0.15, 0.2) is 56.7 Å². The largest absolute Gasteiger partial charge is 0.478 e. The minimum Gasteiger partial charge on any atom is -0.478 e. The van der Waals surface area contributed by atoms with Gasteiger partial charge in [-0.2, -0.15) is 0 Å². The molecule has 0 unspecified atom stereocenters. The molecule has 0 saturated heterocycles. The van der Waals surface area contributed by atoms with Crippen molar-refractivity contribution in [3.63, 3.8) is 0 Å². The number of rotatable bonds is 3. The number of hydrogen-bond donors (Lipinski definition) is 1. The summed E-state index contributed by atoms with van der Waals surface area (Å²) in [6, 6.07) is 11.3. The van der Waals surface area contributed by atoms with Gasteiger partial charge >= 0.3 is 5.97 Å². The molecule has 0 aliphatic carbocycles. The first-order valence-corrected chi connectivity index (χ1v) is 6.63. The highest BCUT2D eigenvalue weighted by molar-refractivity contribution is 9.10. The first-order chi connectivity index (χ1) is 8.56. The number of carboxylic acid groups (broad SMARTS) is 1. The number of carboxylic acids is 1. The second kappa shape index (κ2) is 5.54. The van der Waals surface area contributed by atoms with E-state index in [1.54, 1.807) is 24.3 Å². The highest BCUT2D eigenvalue weighted by Crippen LogP contribution is 2.30. The van der Waals surface area contributed by atoms with Crippen LogP contribution in [0, 0.1) is 5.82 Å². The van der Waals surface area contributed by atoms with Crippen LogP contribution in [0.5, 0.6) is 0 Å². The van der Waals surface area contributed by atoms with Crippen LogP contribution < -0.4 is 0 Å². The van der Waals surface area contributed by atoms with Crippen molar-refractivity contribution < 1.29 is 14.3 Å². The number of aromatic carboxylic acids is 1. The van der Waals surface area contributed by atoms with Gasteiger partial charge in [0.1, 0.15) is 5.82 Å². The fourth-order valence-corrected chi connectivity index (χ4v) is 2.43. The Labute approximate surface area is 116 Å². The molecule has 2 nitrogen and oxygen atoms in total. The molecule has 18 heavy (non-hydrogen) atoms. The highest BCUT2D eigenvalue weighted by Gasteiger charge is 2.05. The van der Waals surface area contributed by atoms with E-state index >= 15 is 0 Å². The van der Waals surface area contributed by atoms with Gasteiger partial charge in [-0.15, -0.1) is 0 Å². The Morgan fingerprint density at radius 1 is 1.11 bits per heavy atom. The maximum atomic E-state index is 13.3. The van der Waals surface area contributed by atoms with E-state index in [2.05, 4.69) is 15.9 Å². The minimum absolute atomic E-state index is 0.237. The lowest BCUT2D eigenvalue weighted by atomic mass is 10.2. The van der Waals surface area contributed by atoms with Crippen molar-refractivity contribution >= 4 is 33.7 Å². The fourth-order valence-electron chi connectivity index (χ4n) is 1.34. The summed E-state index contributed by atoms with van der Waals surface area (Å²) in [7, 11) is 0. The topological polar surface area (TPSA) is 37.3 Å². The molecule has 0 aliphatic rings. The molecule has 0 radical (unpaired) electrons. The van der Waals surface area contributed by atoms with E-state index in [0.717, 1.165) is 9.79 Å². The maximum absolute atomic E-state index is 13.3. The average molecular weight is 327 g/mol. The van der Waals surface area contributed by atoms with E-state index in [1.165, 1.54) is 30.0 Å². The Balaban J connectivity index is 2.18. The van der Waals surface area contributed by atoms with E-state index in [4.69, 9.17) is 5.11 Å². The van der Waals surface area contributed by atoms with Crippen molar-refractivity contribution in [3.8, 4) is 0 Å². The number of halogens is 2. The molecule has 0 aromatic heterocycles. The van der Waals surface area contributed by atoms with E-state index in [-0.39, 0.29) is 11.4 Å². The van der Waals surface area contributed by atoms with Crippen molar-refractivity contribution in [1.82, 2.24) is 0 Å². The molecule has 92 valence electrons. The average Bonchev–Trinajstić information content (AvgIpc) is 2.34. The Bertz CT molecular complexity index is 584. The lowest BCUT2D eigenvalue weighted by Gasteiger charge is -2.03. The molecule has 2 aromatic carbocycles. The SMILES string of the molecule is O=C(O)c1ccc(Sc2ccc(Br)c(F)c2)cc1. The van der Waals surface area contributed by atoms with Gasteiger partial charge in [0.15, 0.2) is 0 Å². The zero-order chi connectivity index (χ0) is 13.1. The van der Waals surface area contributed by atoms with Crippen molar-refractivity contribution in [2.75, 3.05) is 0 Å². The number of benzene rings is 2. The van der Waals surface area contributed by atoms with Gasteiger partial charge in [-0.3, -0.25) is 0 Å². The summed E-state index contributed by atoms with van der Waals surface area (Å²) in [4.78, 5) is 12.3. The standard InChI is InChI=1S/C13H8BrFO2S/c14-11-6-5-10(7-12(11)15)18-9-3-1-8(2-4-9)13(16)17/h1-7H,(H,16,17). The summed E-state index contributed by atoms with van der Waals surface area (Å²) in [5, 5.41) is 8.77. The zero-order valence-corrected chi connectivity index (χ0v) is 11.5. The molecule has 0 aliphatic heterocycles. The smallest absolute Gasteiger partial charge is 0.335 e. The van der Waals surface area contributed by atoms with Crippen molar-refractivity contribution in [2.24, 2.45) is 0 Å². The minimum atomic E-state index is -0.957. The molecule has 0 amide bonds. The third kappa shape index (κ3) is 3.11. The number of carbonyl (C=O) groups is 1. The van der Waals surface area contributed by atoms with Crippen LogP contribution in [0.3, 0.4) is 0 Å². The van der Waals surface area contributed by atoms with Gasteiger partial charge in [0.05, 0.1) is 10.0 Å². The molecule has 0 saturated carbocycles. The zero-order valence-electron chi connectivity index (χ0n) is 9.06. The molecule has 2 aromatic rings. The first-order valence-electron chi connectivity index (χ1n) is 5.02. The van der Waals surface area contributed by atoms with Gasteiger partial charge in [-0.1, -0.05) is 11.8 Å². The summed E-state index contributed by atoms with van der Waals surface area (Å²) >= 11 is 4.47. The Hall–Kier alpha value is -1.33. The summed E-state index contributed by atoms with van der Waals surface area (Å²) < 4.78 is 13.7. The van der Waals surface area contributed by atoms with E-state index in [1.807, 2.05) is 0 Å². The summed E-state index contributed by atoms with van der Waals surface area (Å²) in [5.74, 6) is -1.27. The fraction of sp³-hybridized carbons (Fsp3) is 0. The number of hydrogen-bond acceptors (Lipinski definition) is 2. The lowest BCUT2D eigenvalue weighted by molar-refractivity contribution is 0.0697. The van der Waals surface area contributed by atoms with Crippen LogP contribution in [-0.4, -0.2) is 11.1 Å². The molecule has 1 N–H and O–H groups in total. The summed E-state index contributed by atoms with van der Waals surface area (Å²) in [5.41, 5.74) is 0.237. The van der Waals surface area contributed by atoms with Crippen LogP contribution in [0.4, 0.5) is 4.39 Å².